The Morgan fingerprint density at radius 3 is 2.50 bits per heavy atom. The fourth-order valence-electron chi connectivity index (χ4n) is 2.02. The van der Waals surface area contributed by atoms with Crippen LogP contribution in [0.25, 0.3) is 0 Å². The monoisotopic (exact) mass is 395 g/mol. The first-order valence-corrected chi connectivity index (χ1v) is 8.75. The van der Waals surface area contributed by atoms with Gasteiger partial charge >= 0.3 is 5.97 Å². The van der Waals surface area contributed by atoms with E-state index in [0.29, 0.717) is 21.5 Å². The summed E-state index contributed by atoms with van der Waals surface area (Å²) < 4.78 is 10.6. The number of amides is 1. The molecule has 5 nitrogen and oxygen atoms in total. The van der Waals surface area contributed by atoms with Crippen LogP contribution in [0.1, 0.15) is 18.9 Å². The van der Waals surface area contributed by atoms with Crippen molar-refractivity contribution in [3.05, 3.63) is 58.1 Å². The van der Waals surface area contributed by atoms with Gasteiger partial charge in [-0.15, -0.1) is 0 Å². The topological polar surface area (TPSA) is 64.6 Å². The van der Waals surface area contributed by atoms with Crippen molar-refractivity contribution in [3.8, 4) is 5.75 Å². The van der Waals surface area contributed by atoms with Gasteiger partial charge < -0.3 is 14.8 Å². The van der Waals surface area contributed by atoms with E-state index in [1.807, 2.05) is 31.2 Å². The van der Waals surface area contributed by atoms with Crippen molar-refractivity contribution >= 4 is 40.8 Å². The van der Waals surface area contributed by atoms with E-state index in [1.54, 1.807) is 12.1 Å². The average Bonchev–Trinajstić information content (AvgIpc) is 2.59. The number of ether oxygens (including phenoxy) is 2. The minimum Gasteiger partial charge on any atom is -0.493 e. The molecule has 2 aromatic rings. The lowest BCUT2D eigenvalue weighted by Crippen LogP contribution is -2.30. The van der Waals surface area contributed by atoms with Crippen LogP contribution in [-0.4, -0.2) is 24.6 Å². The Morgan fingerprint density at radius 1 is 1.12 bits per heavy atom. The Labute approximate surface area is 162 Å². The Kier molecular flexibility index (Phi) is 7.30. The molecule has 1 amide bonds. The van der Waals surface area contributed by atoms with E-state index in [0.717, 1.165) is 5.56 Å². The normalized spacial score (nSPS) is 11.5. The van der Waals surface area contributed by atoms with Gasteiger partial charge in [0.15, 0.2) is 6.10 Å². The number of aryl methyl sites for hydroxylation is 1. The minimum absolute atomic E-state index is 0.0312. The highest BCUT2D eigenvalue weighted by atomic mass is 35.5. The van der Waals surface area contributed by atoms with E-state index in [1.165, 1.54) is 13.0 Å². The summed E-state index contributed by atoms with van der Waals surface area (Å²) in [4.78, 5) is 24.0. The van der Waals surface area contributed by atoms with E-state index in [-0.39, 0.29) is 13.0 Å². The standard InChI is InChI=1S/C19H19Cl2NO4/c1-12-3-6-15(7-4-12)25-10-9-18(23)26-13(2)19(24)22-17-11-14(20)5-8-16(17)21/h3-8,11,13H,9-10H2,1-2H3,(H,22,24)/t13-/m0/s1. The van der Waals surface area contributed by atoms with Crippen molar-refractivity contribution in [2.24, 2.45) is 0 Å². The molecule has 7 heteroatoms. The minimum atomic E-state index is -0.975. The van der Waals surface area contributed by atoms with Gasteiger partial charge in [0, 0.05) is 5.02 Å². The highest BCUT2D eigenvalue weighted by Gasteiger charge is 2.19. The molecule has 138 valence electrons. The van der Waals surface area contributed by atoms with Gasteiger partial charge in [0.05, 0.1) is 23.7 Å². The molecule has 0 aliphatic heterocycles. The van der Waals surface area contributed by atoms with E-state index in [2.05, 4.69) is 5.32 Å². The quantitative estimate of drug-likeness (QED) is 0.693. The summed E-state index contributed by atoms with van der Waals surface area (Å²) in [6.07, 6.45) is -0.944. The molecule has 0 fully saturated rings. The molecule has 0 bridgehead atoms. The predicted octanol–water partition coefficient (Wildman–Crippen LogP) is 4.64. The zero-order valence-electron chi connectivity index (χ0n) is 14.4. The molecule has 0 aliphatic rings. The molecule has 0 heterocycles. The molecule has 2 aromatic carbocycles. The van der Waals surface area contributed by atoms with Gasteiger partial charge in [-0.05, 0) is 44.2 Å². The van der Waals surface area contributed by atoms with Crippen molar-refractivity contribution in [3.63, 3.8) is 0 Å². The number of hydrogen-bond donors (Lipinski definition) is 1. The maximum Gasteiger partial charge on any atom is 0.310 e. The first-order chi connectivity index (χ1) is 12.3. The molecule has 0 aliphatic carbocycles. The third-order valence-electron chi connectivity index (χ3n) is 3.46. The Morgan fingerprint density at radius 2 is 1.81 bits per heavy atom. The maximum absolute atomic E-state index is 12.1. The van der Waals surface area contributed by atoms with Gasteiger partial charge in [0.2, 0.25) is 0 Å². The van der Waals surface area contributed by atoms with E-state index < -0.39 is 18.0 Å². The Bertz CT molecular complexity index is 778. The number of carbonyl (C=O) groups is 2. The SMILES string of the molecule is Cc1ccc(OCCC(=O)O[C@@H](C)C(=O)Nc2cc(Cl)ccc2Cl)cc1. The molecule has 0 spiro atoms. The second-order valence-corrected chi connectivity index (χ2v) is 6.50. The molecule has 0 aromatic heterocycles. The van der Waals surface area contributed by atoms with Crippen LogP contribution in [0.5, 0.6) is 5.75 Å². The third kappa shape index (κ3) is 6.24. The number of carbonyl (C=O) groups excluding carboxylic acids is 2. The Balaban J connectivity index is 1.77. The fourth-order valence-corrected chi connectivity index (χ4v) is 2.36. The van der Waals surface area contributed by atoms with Crippen LogP contribution in [0.4, 0.5) is 5.69 Å². The molecule has 1 atom stereocenters. The average molecular weight is 396 g/mol. The van der Waals surface area contributed by atoms with Crippen molar-refractivity contribution in [2.45, 2.75) is 26.4 Å². The molecule has 0 unspecified atom stereocenters. The van der Waals surface area contributed by atoms with Gasteiger partial charge in [0.1, 0.15) is 5.75 Å². The summed E-state index contributed by atoms with van der Waals surface area (Å²) in [5, 5.41) is 3.35. The zero-order chi connectivity index (χ0) is 19.1. The lowest BCUT2D eigenvalue weighted by molar-refractivity contribution is -0.153. The first kappa shape index (κ1) is 20.1. The Hall–Kier alpha value is -2.24. The van der Waals surface area contributed by atoms with E-state index in [4.69, 9.17) is 32.7 Å². The van der Waals surface area contributed by atoms with Gasteiger partial charge in [-0.1, -0.05) is 40.9 Å². The van der Waals surface area contributed by atoms with E-state index >= 15 is 0 Å². The fraction of sp³-hybridized carbons (Fsp3) is 0.263. The van der Waals surface area contributed by atoms with Crippen LogP contribution < -0.4 is 10.1 Å². The molecular formula is C19H19Cl2NO4. The second kappa shape index (κ2) is 9.46. The number of hydrogen-bond acceptors (Lipinski definition) is 4. The van der Waals surface area contributed by atoms with Crippen molar-refractivity contribution in [2.75, 3.05) is 11.9 Å². The number of rotatable bonds is 7. The van der Waals surface area contributed by atoms with Crippen LogP contribution >= 0.6 is 23.2 Å². The highest BCUT2D eigenvalue weighted by molar-refractivity contribution is 6.35. The number of nitrogens with one attached hydrogen (secondary N) is 1. The van der Waals surface area contributed by atoms with Crippen molar-refractivity contribution < 1.29 is 19.1 Å². The van der Waals surface area contributed by atoms with Gasteiger partial charge in [-0.2, -0.15) is 0 Å². The van der Waals surface area contributed by atoms with Crippen LogP contribution in [0, 0.1) is 6.92 Å². The maximum atomic E-state index is 12.1. The van der Waals surface area contributed by atoms with Crippen LogP contribution in [0.3, 0.4) is 0 Å². The van der Waals surface area contributed by atoms with Crippen LogP contribution in [-0.2, 0) is 14.3 Å². The van der Waals surface area contributed by atoms with E-state index in [9.17, 15) is 9.59 Å². The molecule has 0 saturated heterocycles. The second-order valence-electron chi connectivity index (χ2n) is 5.66. The first-order valence-electron chi connectivity index (χ1n) is 8.00. The number of anilines is 1. The molecule has 26 heavy (non-hydrogen) atoms. The van der Waals surface area contributed by atoms with Crippen LogP contribution in [0.15, 0.2) is 42.5 Å². The summed E-state index contributed by atoms with van der Waals surface area (Å²) in [5.41, 5.74) is 1.48. The van der Waals surface area contributed by atoms with Crippen molar-refractivity contribution in [1.82, 2.24) is 0 Å². The molecular weight excluding hydrogens is 377 g/mol. The third-order valence-corrected chi connectivity index (χ3v) is 4.02. The smallest absolute Gasteiger partial charge is 0.310 e. The van der Waals surface area contributed by atoms with Crippen molar-refractivity contribution in [1.29, 1.82) is 0 Å². The highest BCUT2D eigenvalue weighted by Crippen LogP contribution is 2.25. The lowest BCUT2D eigenvalue weighted by Gasteiger charge is -2.14. The van der Waals surface area contributed by atoms with Crippen LogP contribution in [0.2, 0.25) is 10.0 Å². The lowest BCUT2D eigenvalue weighted by atomic mass is 10.2. The largest absolute Gasteiger partial charge is 0.493 e. The molecule has 0 saturated carbocycles. The molecule has 1 N–H and O–H groups in total. The summed E-state index contributed by atoms with van der Waals surface area (Å²) in [5.74, 6) is -0.358. The summed E-state index contributed by atoms with van der Waals surface area (Å²) in [6, 6.07) is 12.2. The predicted molar refractivity (Wildman–Crippen MR) is 102 cm³/mol. The zero-order valence-corrected chi connectivity index (χ0v) is 15.9. The number of esters is 1. The number of benzene rings is 2. The van der Waals surface area contributed by atoms with Gasteiger partial charge in [-0.3, -0.25) is 9.59 Å². The molecule has 2 rings (SSSR count). The number of halogens is 2. The summed E-state index contributed by atoms with van der Waals surface area (Å²) >= 11 is 11.9. The van der Waals surface area contributed by atoms with Gasteiger partial charge in [0.25, 0.3) is 5.91 Å². The summed E-state index contributed by atoms with van der Waals surface area (Å²) in [6.45, 7) is 3.62. The van der Waals surface area contributed by atoms with Gasteiger partial charge in [-0.25, -0.2) is 0 Å². The summed E-state index contributed by atoms with van der Waals surface area (Å²) in [7, 11) is 0. The molecule has 0 radical (unpaired) electrons.